The van der Waals surface area contributed by atoms with E-state index in [2.05, 4.69) is 0 Å². The van der Waals surface area contributed by atoms with Crippen LogP contribution in [-0.4, -0.2) is 47.7 Å². The molecule has 1 aliphatic rings. The lowest BCUT2D eigenvalue weighted by molar-refractivity contribution is -0.146. The van der Waals surface area contributed by atoms with Crippen LogP contribution in [0, 0.1) is 0 Å². The molecular formula is C13H17NO4S. The highest BCUT2D eigenvalue weighted by molar-refractivity contribution is 7.09. The van der Waals surface area contributed by atoms with Crippen molar-refractivity contribution in [2.45, 2.75) is 25.3 Å². The van der Waals surface area contributed by atoms with E-state index in [1.54, 1.807) is 16.2 Å². The molecule has 0 aliphatic carbocycles. The number of hydrogen-bond donors (Lipinski definition) is 1. The molecule has 1 N–H and O–H groups in total. The Labute approximate surface area is 115 Å². The van der Waals surface area contributed by atoms with Gasteiger partial charge in [-0.15, -0.1) is 11.3 Å². The SMILES string of the molecule is O=C(O)CC1COCCN1C(=O)CCc1cccs1. The van der Waals surface area contributed by atoms with Crippen LogP contribution in [0.25, 0.3) is 0 Å². The molecular weight excluding hydrogens is 266 g/mol. The molecule has 0 saturated carbocycles. The zero-order valence-corrected chi connectivity index (χ0v) is 11.4. The molecule has 104 valence electrons. The first-order valence-corrected chi connectivity index (χ1v) is 7.16. The van der Waals surface area contributed by atoms with Gasteiger partial charge in [0, 0.05) is 17.8 Å². The second-order valence-electron chi connectivity index (χ2n) is 4.49. The molecule has 6 heteroatoms. The number of nitrogens with zero attached hydrogens (tertiary/aromatic N) is 1. The molecule has 1 amide bonds. The van der Waals surface area contributed by atoms with Gasteiger partial charge in [-0.3, -0.25) is 9.59 Å². The predicted molar refractivity (Wildman–Crippen MR) is 71.2 cm³/mol. The smallest absolute Gasteiger partial charge is 0.305 e. The van der Waals surface area contributed by atoms with Crippen molar-refractivity contribution < 1.29 is 19.4 Å². The first-order valence-electron chi connectivity index (χ1n) is 6.28. The zero-order valence-electron chi connectivity index (χ0n) is 10.6. The molecule has 5 nitrogen and oxygen atoms in total. The maximum absolute atomic E-state index is 12.2. The quantitative estimate of drug-likeness (QED) is 0.886. The second-order valence-corrected chi connectivity index (χ2v) is 5.53. The molecule has 2 heterocycles. The van der Waals surface area contributed by atoms with Crippen LogP contribution in [0.15, 0.2) is 17.5 Å². The van der Waals surface area contributed by atoms with E-state index < -0.39 is 5.97 Å². The predicted octanol–water partition coefficient (Wildman–Crippen LogP) is 1.38. The summed E-state index contributed by atoms with van der Waals surface area (Å²) in [6, 6.07) is 3.64. The first kappa shape index (κ1) is 14.0. The van der Waals surface area contributed by atoms with Gasteiger partial charge in [-0.1, -0.05) is 6.07 Å². The summed E-state index contributed by atoms with van der Waals surface area (Å²) in [6.45, 7) is 1.29. The van der Waals surface area contributed by atoms with Gasteiger partial charge >= 0.3 is 5.97 Å². The van der Waals surface area contributed by atoms with Crippen molar-refractivity contribution >= 4 is 23.2 Å². The minimum absolute atomic E-state index is 0.0166. The summed E-state index contributed by atoms with van der Waals surface area (Å²) in [4.78, 5) is 25.8. The highest BCUT2D eigenvalue weighted by Gasteiger charge is 2.28. The number of carbonyl (C=O) groups is 2. The van der Waals surface area contributed by atoms with E-state index in [0.29, 0.717) is 32.6 Å². The van der Waals surface area contributed by atoms with Crippen molar-refractivity contribution in [3.8, 4) is 0 Å². The van der Waals surface area contributed by atoms with Crippen LogP contribution in [0.4, 0.5) is 0 Å². The summed E-state index contributed by atoms with van der Waals surface area (Å²) >= 11 is 1.63. The zero-order chi connectivity index (χ0) is 13.7. The number of aryl methyl sites for hydroxylation is 1. The Morgan fingerprint density at radius 3 is 3.05 bits per heavy atom. The monoisotopic (exact) mass is 283 g/mol. The molecule has 1 aromatic heterocycles. The van der Waals surface area contributed by atoms with Gasteiger partial charge in [-0.2, -0.15) is 0 Å². The van der Waals surface area contributed by atoms with Crippen molar-refractivity contribution in [3.63, 3.8) is 0 Å². The third-order valence-electron chi connectivity index (χ3n) is 3.12. The molecule has 0 bridgehead atoms. The summed E-state index contributed by atoms with van der Waals surface area (Å²) in [5.74, 6) is -0.880. The molecule has 1 unspecified atom stereocenters. The average molecular weight is 283 g/mol. The van der Waals surface area contributed by atoms with Crippen molar-refractivity contribution in [2.75, 3.05) is 19.8 Å². The van der Waals surface area contributed by atoms with Crippen molar-refractivity contribution in [1.82, 2.24) is 4.90 Å². The molecule has 0 aromatic carbocycles. The minimum Gasteiger partial charge on any atom is -0.481 e. The van der Waals surface area contributed by atoms with E-state index in [1.165, 1.54) is 4.88 Å². The molecule has 1 aromatic rings. The van der Waals surface area contributed by atoms with E-state index in [9.17, 15) is 9.59 Å². The van der Waals surface area contributed by atoms with Crippen LogP contribution in [0.5, 0.6) is 0 Å². The summed E-state index contributed by atoms with van der Waals surface area (Å²) in [7, 11) is 0. The molecule has 2 rings (SSSR count). The van der Waals surface area contributed by atoms with Crippen molar-refractivity contribution in [1.29, 1.82) is 0 Å². The van der Waals surface area contributed by atoms with E-state index in [1.807, 2.05) is 17.5 Å². The maximum atomic E-state index is 12.2. The van der Waals surface area contributed by atoms with E-state index >= 15 is 0 Å². The Hall–Kier alpha value is -1.40. The van der Waals surface area contributed by atoms with Gasteiger partial charge in [0.1, 0.15) is 0 Å². The van der Waals surface area contributed by atoms with Crippen LogP contribution in [0.1, 0.15) is 17.7 Å². The Morgan fingerprint density at radius 1 is 1.53 bits per heavy atom. The van der Waals surface area contributed by atoms with Crippen LogP contribution < -0.4 is 0 Å². The average Bonchev–Trinajstić information content (AvgIpc) is 2.89. The van der Waals surface area contributed by atoms with Crippen LogP contribution in [-0.2, 0) is 20.7 Å². The minimum atomic E-state index is -0.897. The van der Waals surface area contributed by atoms with E-state index in [4.69, 9.17) is 9.84 Å². The van der Waals surface area contributed by atoms with Gasteiger partial charge in [-0.25, -0.2) is 0 Å². The van der Waals surface area contributed by atoms with Gasteiger partial charge in [0.15, 0.2) is 0 Å². The summed E-state index contributed by atoms with van der Waals surface area (Å²) in [5, 5.41) is 10.8. The number of morpholine rings is 1. The lowest BCUT2D eigenvalue weighted by atomic mass is 10.1. The first-order chi connectivity index (χ1) is 9.16. The highest BCUT2D eigenvalue weighted by atomic mass is 32.1. The van der Waals surface area contributed by atoms with Gasteiger partial charge in [0.25, 0.3) is 0 Å². The molecule has 1 saturated heterocycles. The summed E-state index contributed by atoms with van der Waals surface area (Å²) in [6.07, 6.45) is 1.09. The van der Waals surface area contributed by atoms with Gasteiger partial charge in [-0.05, 0) is 17.9 Å². The lowest BCUT2D eigenvalue weighted by Crippen LogP contribution is -2.49. The van der Waals surface area contributed by atoms with Crippen LogP contribution >= 0.6 is 11.3 Å². The molecule has 1 atom stereocenters. The van der Waals surface area contributed by atoms with Crippen LogP contribution in [0.2, 0.25) is 0 Å². The fourth-order valence-electron chi connectivity index (χ4n) is 2.18. The third kappa shape index (κ3) is 4.04. The fraction of sp³-hybridized carbons (Fsp3) is 0.538. The number of carbonyl (C=O) groups excluding carboxylic acids is 1. The Balaban J connectivity index is 1.89. The maximum Gasteiger partial charge on any atom is 0.305 e. The highest BCUT2D eigenvalue weighted by Crippen LogP contribution is 2.15. The number of hydrogen-bond acceptors (Lipinski definition) is 4. The lowest BCUT2D eigenvalue weighted by Gasteiger charge is -2.34. The summed E-state index contributed by atoms with van der Waals surface area (Å²) < 4.78 is 5.26. The van der Waals surface area contributed by atoms with E-state index in [0.717, 1.165) is 0 Å². The third-order valence-corrected chi connectivity index (χ3v) is 4.06. The van der Waals surface area contributed by atoms with Gasteiger partial charge in [0.2, 0.25) is 5.91 Å². The van der Waals surface area contributed by atoms with Crippen molar-refractivity contribution in [2.24, 2.45) is 0 Å². The number of aliphatic carboxylic acids is 1. The molecule has 19 heavy (non-hydrogen) atoms. The Morgan fingerprint density at radius 2 is 2.37 bits per heavy atom. The normalized spacial score (nSPS) is 19.4. The molecule has 0 spiro atoms. The standard InChI is InChI=1S/C13H17NO4S/c15-12(4-3-11-2-1-7-19-11)14-5-6-18-9-10(14)8-13(16)17/h1-2,7,10H,3-6,8-9H2,(H,16,17). The largest absolute Gasteiger partial charge is 0.481 e. The van der Waals surface area contributed by atoms with Gasteiger partial charge < -0.3 is 14.7 Å². The number of amides is 1. The van der Waals surface area contributed by atoms with Crippen LogP contribution in [0.3, 0.4) is 0 Å². The fourth-order valence-corrected chi connectivity index (χ4v) is 2.89. The number of ether oxygens (including phenoxy) is 1. The number of rotatable bonds is 5. The molecule has 1 aliphatic heterocycles. The molecule has 1 fully saturated rings. The van der Waals surface area contributed by atoms with Crippen molar-refractivity contribution in [3.05, 3.63) is 22.4 Å². The second kappa shape index (κ2) is 6.68. The Bertz CT molecular complexity index is 432. The summed E-state index contributed by atoms with van der Waals surface area (Å²) in [5.41, 5.74) is 0. The van der Waals surface area contributed by atoms with Gasteiger partial charge in [0.05, 0.1) is 25.7 Å². The Kier molecular flexibility index (Phi) is 4.93. The molecule has 0 radical (unpaired) electrons. The van der Waals surface area contributed by atoms with E-state index in [-0.39, 0.29) is 18.4 Å². The topological polar surface area (TPSA) is 66.8 Å². The number of carboxylic acids is 1. The number of carboxylic acid groups (broad SMARTS) is 1. The number of thiophene rings is 1.